The fourth-order valence-corrected chi connectivity index (χ4v) is 0.445. The highest BCUT2D eigenvalue weighted by Crippen LogP contribution is 1.91. The topological polar surface area (TPSA) is 18.5 Å². The molecule has 0 heterocycles. The average molecular weight is 154 g/mol. The second kappa shape index (κ2) is 6.89. The number of hydrogen-bond donors (Lipinski definition) is 0. The van der Waals surface area contributed by atoms with Crippen LogP contribution in [0.4, 0.5) is 8.78 Å². The Hall–Kier alpha value is -0.220. The van der Waals surface area contributed by atoms with Crippen LogP contribution >= 0.6 is 0 Å². The lowest BCUT2D eigenvalue weighted by Crippen LogP contribution is -2.20. The Labute approximate surface area is 59.1 Å². The Morgan fingerprint density at radius 1 is 1.40 bits per heavy atom. The van der Waals surface area contributed by atoms with Gasteiger partial charge < -0.3 is 9.47 Å². The minimum atomic E-state index is -0.594. The van der Waals surface area contributed by atoms with Gasteiger partial charge in [0.2, 0.25) is 0 Å². The van der Waals surface area contributed by atoms with Crippen molar-refractivity contribution in [2.75, 3.05) is 33.7 Å². The summed E-state index contributed by atoms with van der Waals surface area (Å²) in [6, 6.07) is 0. The molecule has 0 aliphatic heterocycles. The molecule has 0 spiro atoms. The Kier molecular flexibility index (Phi) is 6.74. The van der Waals surface area contributed by atoms with Crippen LogP contribution in [0.3, 0.4) is 0 Å². The van der Waals surface area contributed by atoms with Gasteiger partial charge >= 0.3 is 0 Å². The summed E-state index contributed by atoms with van der Waals surface area (Å²) in [5.74, 6) is 0. The highest BCUT2D eigenvalue weighted by atomic mass is 19.1. The van der Waals surface area contributed by atoms with E-state index in [1.165, 1.54) is 7.11 Å². The minimum Gasteiger partial charge on any atom is -0.376 e. The largest absolute Gasteiger partial charge is 0.376 e. The summed E-state index contributed by atoms with van der Waals surface area (Å²) in [6.07, 6.45) is -0.549. The van der Waals surface area contributed by atoms with Gasteiger partial charge in [0.15, 0.2) is 0 Å². The molecule has 0 saturated heterocycles. The molecule has 0 radical (unpaired) electrons. The van der Waals surface area contributed by atoms with E-state index in [1.807, 2.05) is 0 Å². The van der Waals surface area contributed by atoms with Crippen molar-refractivity contribution in [2.45, 2.75) is 6.10 Å². The highest BCUT2D eigenvalue weighted by Gasteiger charge is 2.04. The molecule has 0 aromatic heterocycles. The summed E-state index contributed by atoms with van der Waals surface area (Å²) in [7, 11) is 1.39. The van der Waals surface area contributed by atoms with Gasteiger partial charge in [-0.2, -0.15) is 0 Å². The summed E-state index contributed by atoms with van der Waals surface area (Å²) >= 11 is 0. The fraction of sp³-hybridized carbons (Fsp3) is 1.00. The van der Waals surface area contributed by atoms with Crippen LogP contribution in [0.1, 0.15) is 0 Å². The average Bonchev–Trinajstić information content (AvgIpc) is 1.99. The summed E-state index contributed by atoms with van der Waals surface area (Å²) in [5, 5.41) is 0. The maximum absolute atomic E-state index is 11.8. The number of hydrogen-bond acceptors (Lipinski definition) is 2. The van der Waals surface area contributed by atoms with Crippen LogP contribution in [0.15, 0.2) is 0 Å². The molecule has 1 atom stereocenters. The molecule has 0 bridgehead atoms. The zero-order chi connectivity index (χ0) is 7.82. The summed E-state index contributed by atoms with van der Waals surface area (Å²) in [4.78, 5) is 0. The monoisotopic (exact) mass is 154 g/mol. The van der Waals surface area contributed by atoms with Crippen LogP contribution < -0.4 is 0 Å². The third-order valence-electron chi connectivity index (χ3n) is 1.03. The first-order valence-corrected chi connectivity index (χ1v) is 3.07. The normalized spacial score (nSPS) is 13.5. The standard InChI is InChI=1S/C6H12F2O2/c1-9-6(4-8)5-10-3-2-7/h6H,2-5H2,1H3. The quantitative estimate of drug-likeness (QED) is 0.530. The van der Waals surface area contributed by atoms with Crippen molar-refractivity contribution in [1.82, 2.24) is 0 Å². The van der Waals surface area contributed by atoms with Gasteiger partial charge in [-0.25, -0.2) is 8.78 Å². The molecule has 0 aliphatic rings. The Morgan fingerprint density at radius 3 is 2.50 bits per heavy atom. The lowest BCUT2D eigenvalue weighted by atomic mass is 10.4. The van der Waals surface area contributed by atoms with Gasteiger partial charge in [0.25, 0.3) is 0 Å². The van der Waals surface area contributed by atoms with E-state index in [9.17, 15) is 8.78 Å². The molecule has 0 aromatic carbocycles. The Bertz CT molecular complexity index is 66.8. The smallest absolute Gasteiger partial charge is 0.118 e. The molecular formula is C6H12F2O2. The van der Waals surface area contributed by atoms with Crippen molar-refractivity contribution < 1.29 is 18.3 Å². The van der Waals surface area contributed by atoms with E-state index in [2.05, 4.69) is 9.47 Å². The predicted molar refractivity (Wildman–Crippen MR) is 33.6 cm³/mol. The molecule has 1 unspecified atom stereocenters. The molecule has 0 saturated carbocycles. The number of methoxy groups -OCH3 is 1. The molecule has 0 aliphatic carbocycles. The SMILES string of the molecule is COC(CF)COCCF. The van der Waals surface area contributed by atoms with E-state index in [0.29, 0.717) is 0 Å². The minimum absolute atomic E-state index is 0.0137. The summed E-state index contributed by atoms with van der Waals surface area (Å²) < 4.78 is 32.5. The third-order valence-corrected chi connectivity index (χ3v) is 1.03. The van der Waals surface area contributed by atoms with Crippen LogP contribution in [0, 0.1) is 0 Å². The van der Waals surface area contributed by atoms with E-state index in [-0.39, 0.29) is 13.2 Å². The van der Waals surface area contributed by atoms with Gasteiger partial charge in [0, 0.05) is 7.11 Å². The van der Waals surface area contributed by atoms with Gasteiger partial charge in [0.05, 0.1) is 13.2 Å². The Balaban J connectivity index is 3.09. The lowest BCUT2D eigenvalue weighted by molar-refractivity contribution is -0.00631. The summed E-state index contributed by atoms with van der Waals surface area (Å²) in [5.41, 5.74) is 0. The number of rotatable bonds is 6. The van der Waals surface area contributed by atoms with Crippen molar-refractivity contribution in [2.24, 2.45) is 0 Å². The van der Waals surface area contributed by atoms with Gasteiger partial charge in [0.1, 0.15) is 19.5 Å². The first-order valence-electron chi connectivity index (χ1n) is 3.07. The van der Waals surface area contributed by atoms with E-state index in [0.717, 1.165) is 0 Å². The number of ether oxygens (including phenoxy) is 2. The second-order valence-corrected chi connectivity index (χ2v) is 1.78. The summed E-state index contributed by atoms with van der Waals surface area (Å²) in [6.45, 7) is -0.998. The molecule has 2 nitrogen and oxygen atoms in total. The molecule has 4 heteroatoms. The fourth-order valence-electron chi connectivity index (χ4n) is 0.445. The number of alkyl halides is 2. The van der Waals surface area contributed by atoms with E-state index in [4.69, 9.17) is 0 Å². The first kappa shape index (κ1) is 9.78. The van der Waals surface area contributed by atoms with Crippen LogP contribution in [0.2, 0.25) is 0 Å². The van der Waals surface area contributed by atoms with Gasteiger partial charge in [-0.3, -0.25) is 0 Å². The maximum atomic E-state index is 11.8. The van der Waals surface area contributed by atoms with Gasteiger partial charge in [-0.05, 0) is 0 Å². The van der Waals surface area contributed by atoms with Gasteiger partial charge in [-0.1, -0.05) is 0 Å². The zero-order valence-electron chi connectivity index (χ0n) is 5.98. The molecule has 10 heavy (non-hydrogen) atoms. The van der Waals surface area contributed by atoms with E-state index in [1.54, 1.807) is 0 Å². The number of halogens is 2. The molecule has 62 valence electrons. The zero-order valence-corrected chi connectivity index (χ0v) is 5.98. The van der Waals surface area contributed by atoms with Crippen molar-refractivity contribution in [3.63, 3.8) is 0 Å². The van der Waals surface area contributed by atoms with E-state index < -0.39 is 19.5 Å². The second-order valence-electron chi connectivity index (χ2n) is 1.78. The van der Waals surface area contributed by atoms with Crippen LogP contribution in [-0.2, 0) is 9.47 Å². The van der Waals surface area contributed by atoms with Crippen molar-refractivity contribution in [3.8, 4) is 0 Å². The molecular weight excluding hydrogens is 142 g/mol. The Morgan fingerprint density at radius 2 is 2.10 bits per heavy atom. The molecule has 0 amide bonds. The van der Waals surface area contributed by atoms with Crippen molar-refractivity contribution in [3.05, 3.63) is 0 Å². The van der Waals surface area contributed by atoms with Gasteiger partial charge in [-0.15, -0.1) is 0 Å². The van der Waals surface area contributed by atoms with Crippen LogP contribution in [-0.4, -0.2) is 39.8 Å². The first-order chi connectivity index (χ1) is 4.85. The molecule has 0 aromatic rings. The lowest BCUT2D eigenvalue weighted by Gasteiger charge is -2.09. The van der Waals surface area contributed by atoms with Crippen LogP contribution in [0.5, 0.6) is 0 Å². The van der Waals surface area contributed by atoms with E-state index >= 15 is 0 Å². The predicted octanol–water partition coefficient (Wildman–Crippen LogP) is 0.957. The van der Waals surface area contributed by atoms with Crippen molar-refractivity contribution in [1.29, 1.82) is 0 Å². The molecule has 0 rings (SSSR count). The van der Waals surface area contributed by atoms with Crippen molar-refractivity contribution >= 4 is 0 Å². The molecule has 0 fully saturated rings. The highest BCUT2D eigenvalue weighted by molar-refractivity contribution is 4.51. The molecule has 0 N–H and O–H groups in total. The third kappa shape index (κ3) is 4.64. The maximum Gasteiger partial charge on any atom is 0.118 e. The van der Waals surface area contributed by atoms with Crippen LogP contribution in [0.25, 0.3) is 0 Å².